The Morgan fingerprint density at radius 1 is 1.14 bits per heavy atom. The predicted octanol–water partition coefficient (Wildman–Crippen LogP) is 5.57. The van der Waals surface area contributed by atoms with E-state index in [1.54, 1.807) is 25.5 Å². The Balaban J connectivity index is 1.51. The first-order valence-electron chi connectivity index (χ1n) is 12.5. The van der Waals surface area contributed by atoms with Crippen LogP contribution in [0.4, 0.5) is 23.8 Å². The van der Waals surface area contributed by atoms with Crippen LogP contribution in [0.2, 0.25) is 0 Å². The summed E-state index contributed by atoms with van der Waals surface area (Å²) in [6.07, 6.45) is 0.122. The van der Waals surface area contributed by atoms with Crippen LogP contribution in [0.5, 0.6) is 0 Å². The average Bonchev–Trinajstić information content (AvgIpc) is 3.26. The molecule has 1 aliphatic heterocycles. The molecule has 1 saturated carbocycles. The number of nitrogens with zero attached hydrogens (tertiary/aromatic N) is 3. The molecule has 8 nitrogen and oxygen atoms in total. The topological polar surface area (TPSA) is 98.1 Å². The molecular formula is C26H34F3N5O3. The summed E-state index contributed by atoms with van der Waals surface area (Å²) < 4.78 is 48.7. The monoisotopic (exact) mass is 521 g/mol. The fourth-order valence-corrected chi connectivity index (χ4v) is 5.11. The van der Waals surface area contributed by atoms with Crippen molar-refractivity contribution in [2.45, 2.75) is 91.1 Å². The van der Waals surface area contributed by atoms with E-state index >= 15 is 0 Å². The molecule has 2 atom stereocenters. The molecule has 37 heavy (non-hydrogen) atoms. The van der Waals surface area contributed by atoms with E-state index in [0.29, 0.717) is 31.4 Å². The second-order valence-electron chi connectivity index (χ2n) is 11.8. The van der Waals surface area contributed by atoms with Crippen LogP contribution < -0.4 is 10.6 Å². The number of nitrogens with one attached hydrogen (secondary N) is 2. The van der Waals surface area contributed by atoms with E-state index in [1.807, 2.05) is 13.8 Å². The molecule has 0 radical (unpaired) electrons. The number of halogens is 3. The Hall–Kier alpha value is -3.11. The molecule has 2 amide bonds. The fourth-order valence-electron chi connectivity index (χ4n) is 5.11. The van der Waals surface area contributed by atoms with Crippen molar-refractivity contribution in [3.05, 3.63) is 29.7 Å². The van der Waals surface area contributed by atoms with Crippen LogP contribution >= 0.6 is 0 Å². The second kappa shape index (κ2) is 9.64. The molecule has 2 N–H and O–H groups in total. The van der Waals surface area contributed by atoms with Gasteiger partial charge in [-0.2, -0.15) is 18.3 Å². The van der Waals surface area contributed by atoms with E-state index < -0.39 is 29.4 Å². The number of aromatic nitrogens is 3. The zero-order valence-corrected chi connectivity index (χ0v) is 21.8. The molecule has 2 aliphatic rings. The third-order valence-corrected chi connectivity index (χ3v) is 6.69. The highest BCUT2D eigenvalue weighted by Gasteiger charge is 2.38. The number of rotatable bonds is 4. The van der Waals surface area contributed by atoms with Gasteiger partial charge in [0.25, 0.3) is 0 Å². The Bertz CT molecular complexity index is 1180. The second-order valence-corrected chi connectivity index (χ2v) is 11.8. The molecule has 2 aromatic heterocycles. The Kier molecular flexibility index (Phi) is 7.02. The van der Waals surface area contributed by atoms with Crippen LogP contribution in [0.3, 0.4) is 0 Å². The number of amides is 2. The van der Waals surface area contributed by atoms with E-state index in [0.717, 1.165) is 24.7 Å². The van der Waals surface area contributed by atoms with Gasteiger partial charge in [0.15, 0.2) is 0 Å². The number of alkyl carbamates (subject to hydrolysis) is 1. The molecule has 4 rings (SSSR count). The summed E-state index contributed by atoms with van der Waals surface area (Å²) >= 11 is 0. The number of carbonyl (C=O) groups excluding carboxylic acids is 2. The van der Waals surface area contributed by atoms with Gasteiger partial charge in [0, 0.05) is 41.5 Å². The lowest BCUT2D eigenvalue weighted by molar-refractivity contribution is -0.137. The van der Waals surface area contributed by atoms with Gasteiger partial charge in [0.1, 0.15) is 11.4 Å². The van der Waals surface area contributed by atoms with Crippen molar-refractivity contribution in [1.29, 1.82) is 0 Å². The van der Waals surface area contributed by atoms with Gasteiger partial charge in [-0.15, -0.1) is 0 Å². The van der Waals surface area contributed by atoms with Gasteiger partial charge in [-0.05, 0) is 57.9 Å². The number of carbonyl (C=O) groups is 2. The van der Waals surface area contributed by atoms with Crippen molar-refractivity contribution in [2.24, 2.45) is 11.3 Å². The lowest BCUT2D eigenvalue weighted by Crippen LogP contribution is -2.43. The normalized spacial score (nSPS) is 21.3. The van der Waals surface area contributed by atoms with E-state index in [1.165, 1.54) is 12.3 Å². The highest BCUT2D eigenvalue weighted by atomic mass is 19.4. The van der Waals surface area contributed by atoms with Crippen LogP contribution in [-0.2, 0) is 28.7 Å². The minimum Gasteiger partial charge on any atom is -0.444 e. The van der Waals surface area contributed by atoms with Crippen molar-refractivity contribution in [1.82, 2.24) is 20.1 Å². The van der Waals surface area contributed by atoms with E-state index in [9.17, 15) is 22.8 Å². The summed E-state index contributed by atoms with van der Waals surface area (Å²) in [5, 5.41) is 9.82. The maximum Gasteiger partial charge on any atom is 0.418 e. The molecule has 1 aliphatic carbocycles. The van der Waals surface area contributed by atoms with Crippen LogP contribution in [0.1, 0.15) is 71.6 Å². The summed E-state index contributed by atoms with van der Waals surface area (Å²) in [6.45, 7) is 10.0. The number of alkyl halides is 3. The van der Waals surface area contributed by atoms with Gasteiger partial charge in [0.2, 0.25) is 5.91 Å². The highest BCUT2D eigenvalue weighted by Crippen LogP contribution is 2.42. The Morgan fingerprint density at radius 3 is 2.54 bits per heavy atom. The van der Waals surface area contributed by atoms with E-state index in [2.05, 4.69) is 20.7 Å². The van der Waals surface area contributed by atoms with E-state index in [-0.39, 0.29) is 28.7 Å². The van der Waals surface area contributed by atoms with Crippen molar-refractivity contribution in [3.8, 4) is 11.1 Å². The molecule has 0 aromatic carbocycles. The number of hydrogen-bond acceptors (Lipinski definition) is 5. The largest absolute Gasteiger partial charge is 0.444 e. The summed E-state index contributed by atoms with van der Waals surface area (Å²) in [5.41, 5.74) is -0.522. The number of anilines is 1. The zero-order chi connectivity index (χ0) is 27.2. The van der Waals surface area contributed by atoms with Crippen LogP contribution in [0.15, 0.2) is 18.5 Å². The Morgan fingerprint density at radius 2 is 1.86 bits per heavy atom. The molecule has 1 fully saturated rings. The van der Waals surface area contributed by atoms with Crippen molar-refractivity contribution in [3.63, 3.8) is 0 Å². The number of pyridine rings is 1. The van der Waals surface area contributed by atoms with Gasteiger partial charge in [-0.25, -0.2) is 9.78 Å². The Labute approximate surface area is 214 Å². The molecule has 11 heteroatoms. The zero-order valence-electron chi connectivity index (χ0n) is 21.8. The molecule has 202 valence electrons. The SMILES string of the molecule is CC1(C)Cc2c(-c3cc(NC(=O)[C@H]4CCC[C@@H](NC(=O)OC(C)(C)C)C4)ncc3C(F)(F)F)cnn2C1. The molecule has 3 heterocycles. The third-order valence-electron chi connectivity index (χ3n) is 6.69. The lowest BCUT2D eigenvalue weighted by Gasteiger charge is -2.30. The van der Waals surface area contributed by atoms with Gasteiger partial charge in [0.05, 0.1) is 11.8 Å². The number of hydrogen-bond donors (Lipinski definition) is 2. The first-order valence-corrected chi connectivity index (χ1v) is 12.5. The van der Waals surface area contributed by atoms with Crippen LogP contribution in [0, 0.1) is 11.3 Å². The first kappa shape index (κ1) is 26.9. The average molecular weight is 522 g/mol. The summed E-state index contributed by atoms with van der Waals surface area (Å²) in [6, 6.07) is 1.05. The molecule has 0 bridgehead atoms. The minimum absolute atomic E-state index is 0.0485. The fraction of sp³-hybridized carbons (Fsp3) is 0.615. The summed E-state index contributed by atoms with van der Waals surface area (Å²) in [4.78, 5) is 29.1. The molecule has 2 aromatic rings. The van der Waals surface area contributed by atoms with Gasteiger partial charge < -0.3 is 15.4 Å². The number of fused-ring (bicyclic) bond motifs is 1. The minimum atomic E-state index is -4.61. The van der Waals surface area contributed by atoms with Crippen LogP contribution in [-0.4, -0.2) is 38.4 Å². The number of ether oxygens (including phenoxy) is 1. The molecule has 0 saturated heterocycles. The maximum atomic E-state index is 13.9. The third kappa shape index (κ3) is 6.42. The van der Waals surface area contributed by atoms with E-state index in [4.69, 9.17) is 4.74 Å². The maximum absolute atomic E-state index is 13.9. The molecule has 0 unspecified atom stereocenters. The van der Waals surface area contributed by atoms with Gasteiger partial charge in [-0.3, -0.25) is 9.48 Å². The first-order chi connectivity index (χ1) is 17.1. The van der Waals surface area contributed by atoms with Crippen LogP contribution in [0.25, 0.3) is 11.1 Å². The molecular weight excluding hydrogens is 487 g/mol. The summed E-state index contributed by atoms with van der Waals surface area (Å²) in [7, 11) is 0. The standard InChI is InChI=1S/C26H34F3N5O3/c1-24(2,3)37-23(36)32-16-8-6-7-15(9-16)22(35)33-21-10-17(19(13-30-21)26(27,28)29)18-12-31-34-14-25(4,5)11-20(18)34/h10,12-13,15-16H,6-9,11,14H2,1-5H3,(H,32,36)(H,30,33,35)/t15-,16+/m0/s1. The predicted molar refractivity (Wildman–Crippen MR) is 132 cm³/mol. The summed E-state index contributed by atoms with van der Waals surface area (Å²) in [5.74, 6) is -0.704. The van der Waals surface area contributed by atoms with Crippen molar-refractivity contribution < 1.29 is 27.5 Å². The smallest absolute Gasteiger partial charge is 0.418 e. The quantitative estimate of drug-likeness (QED) is 0.548. The van der Waals surface area contributed by atoms with Gasteiger partial charge in [-0.1, -0.05) is 20.3 Å². The van der Waals surface area contributed by atoms with Gasteiger partial charge >= 0.3 is 12.3 Å². The molecule has 0 spiro atoms. The van der Waals surface area contributed by atoms with Crippen molar-refractivity contribution in [2.75, 3.05) is 5.32 Å². The highest BCUT2D eigenvalue weighted by molar-refractivity contribution is 5.92. The van der Waals surface area contributed by atoms with Crippen molar-refractivity contribution >= 4 is 17.8 Å². The lowest BCUT2D eigenvalue weighted by atomic mass is 9.85.